The molecule has 4 rings (SSSR count). The molecule has 2 N–H and O–H groups in total. The Morgan fingerprint density at radius 3 is 2.42 bits per heavy atom. The van der Waals surface area contributed by atoms with E-state index < -0.39 is 0 Å². The number of piperazine rings is 1. The van der Waals surface area contributed by atoms with Crippen LogP contribution < -0.4 is 15.5 Å². The third-order valence-electron chi connectivity index (χ3n) is 6.52. The van der Waals surface area contributed by atoms with Crippen molar-refractivity contribution in [3.8, 4) is 0 Å². The number of likely N-dealkylation sites (N-methyl/N-ethyl adjacent to an activating group) is 1. The lowest BCUT2D eigenvalue weighted by Crippen LogP contribution is -2.46. The lowest BCUT2D eigenvalue weighted by Gasteiger charge is -2.35. The van der Waals surface area contributed by atoms with Crippen LogP contribution in [0, 0.1) is 0 Å². The Bertz CT molecular complexity index is 950. The summed E-state index contributed by atoms with van der Waals surface area (Å²) < 4.78 is 0. The summed E-state index contributed by atoms with van der Waals surface area (Å²) >= 11 is 0. The van der Waals surface area contributed by atoms with Crippen LogP contribution in [-0.2, 0) is 6.54 Å². The lowest BCUT2D eigenvalue weighted by molar-refractivity contribution is 0.100. The number of Topliss-reactive ketones (excluding diaryl/α,β-unsaturated/α-hetero) is 1. The van der Waals surface area contributed by atoms with Gasteiger partial charge in [0.25, 0.3) is 0 Å². The quantitative estimate of drug-likeness (QED) is 0.681. The van der Waals surface area contributed by atoms with Crippen molar-refractivity contribution in [3.05, 3.63) is 53.9 Å². The van der Waals surface area contributed by atoms with Gasteiger partial charge in [-0.05, 0) is 56.6 Å². The molecular formula is C25H34N6O2. The SMILES string of the molecule is CN1CCN(c2cccc(N(Cc3ccc(C(=O)CN)cn3)C(=O)N3CCCCC3)c2)CC1. The second kappa shape index (κ2) is 10.8. The third kappa shape index (κ3) is 5.69. The van der Waals surface area contributed by atoms with Crippen LogP contribution in [0.4, 0.5) is 16.2 Å². The molecule has 33 heavy (non-hydrogen) atoms. The summed E-state index contributed by atoms with van der Waals surface area (Å²) in [6.45, 7) is 5.86. The number of hydrogen-bond acceptors (Lipinski definition) is 6. The van der Waals surface area contributed by atoms with Gasteiger partial charge in [-0.2, -0.15) is 0 Å². The summed E-state index contributed by atoms with van der Waals surface area (Å²) in [5.74, 6) is -0.143. The van der Waals surface area contributed by atoms with Gasteiger partial charge in [0.05, 0.1) is 18.8 Å². The number of amides is 2. The molecule has 0 spiro atoms. The number of piperidine rings is 1. The van der Waals surface area contributed by atoms with E-state index in [4.69, 9.17) is 5.73 Å². The first-order valence-electron chi connectivity index (χ1n) is 11.8. The monoisotopic (exact) mass is 450 g/mol. The Morgan fingerprint density at radius 1 is 1.00 bits per heavy atom. The van der Waals surface area contributed by atoms with E-state index >= 15 is 0 Å². The Balaban J connectivity index is 1.59. The molecule has 3 heterocycles. The van der Waals surface area contributed by atoms with E-state index in [2.05, 4.69) is 34.0 Å². The molecule has 0 bridgehead atoms. The third-order valence-corrected chi connectivity index (χ3v) is 6.52. The number of ketones is 1. The number of carbonyl (C=O) groups is 2. The molecule has 0 saturated carbocycles. The summed E-state index contributed by atoms with van der Waals surface area (Å²) in [5, 5.41) is 0. The molecule has 2 amide bonds. The number of benzene rings is 1. The molecular weight excluding hydrogens is 416 g/mol. The zero-order valence-corrected chi connectivity index (χ0v) is 19.4. The van der Waals surface area contributed by atoms with E-state index in [0.29, 0.717) is 12.1 Å². The van der Waals surface area contributed by atoms with E-state index in [-0.39, 0.29) is 18.4 Å². The summed E-state index contributed by atoms with van der Waals surface area (Å²) in [5.41, 5.74) is 8.69. The number of carbonyl (C=O) groups excluding carboxylic acids is 2. The van der Waals surface area contributed by atoms with Crippen molar-refractivity contribution in [1.29, 1.82) is 0 Å². The highest BCUT2D eigenvalue weighted by molar-refractivity contribution is 5.97. The van der Waals surface area contributed by atoms with Crippen molar-refractivity contribution >= 4 is 23.2 Å². The summed E-state index contributed by atoms with van der Waals surface area (Å²) in [6, 6.07) is 11.8. The molecule has 2 fully saturated rings. The Kier molecular flexibility index (Phi) is 7.57. The largest absolute Gasteiger partial charge is 0.369 e. The van der Waals surface area contributed by atoms with E-state index in [1.54, 1.807) is 12.3 Å². The maximum atomic E-state index is 13.6. The number of pyridine rings is 1. The highest BCUT2D eigenvalue weighted by atomic mass is 16.2. The average Bonchev–Trinajstić information content (AvgIpc) is 2.88. The minimum atomic E-state index is -0.143. The van der Waals surface area contributed by atoms with Gasteiger partial charge in [-0.25, -0.2) is 4.79 Å². The van der Waals surface area contributed by atoms with Crippen LogP contribution in [0.3, 0.4) is 0 Å². The Morgan fingerprint density at radius 2 is 1.76 bits per heavy atom. The van der Waals surface area contributed by atoms with Crippen LogP contribution in [0.15, 0.2) is 42.6 Å². The maximum absolute atomic E-state index is 13.6. The van der Waals surface area contributed by atoms with Gasteiger partial charge < -0.3 is 20.4 Å². The van der Waals surface area contributed by atoms with E-state index in [0.717, 1.165) is 69.2 Å². The summed E-state index contributed by atoms with van der Waals surface area (Å²) in [7, 11) is 2.14. The molecule has 176 valence electrons. The smallest absolute Gasteiger partial charge is 0.324 e. The number of urea groups is 1. The summed E-state index contributed by atoms with van der Waals surface area (Å²) in [6.07, 6.45) is 4.79. The van der Waals surface area contributed by atoms with Crippen molar-refractivity contribution < 1.29 is 9.59 Å². The molecule has 8 nitrogen and oxygen atoms in total. The number of nitrogens with zero attached hydrogens (tertiary/aromatic N) is 5. The Hall–Kier alpha value is -2.97. The van der Waals surface area contributed by atoms with Gasteiger partial charge in [0, 0.05) is 62.4 Å². The molecule has 1 aromatic carbocycles. The van der Waals surface area contributed by atoms with Crippen molar-refractivity contribution in [2.75, 3.05) is 62.7 Å². The highest BCUT2D eigenvalue weighted by Crippen LogP contribution is 2.26. The summed E-state index contributed by atoms with van der Waals surface area (Å²) in [4.78, 5) is 38.4. The number of rotatable bonds is 6. The molecule has 2 aliphatic heterocycles. The molecule has 2 aromatic rings. The molecule has 8 heteroatoms. The highest BCUT2D eigenvalue weighted by Gasteiger charge is 2.25. The number of hydrogen-bond donors (Lipinski definition) is 1. The van der Waals surface area contributed by atoms with Crippen LogP contribution >= 0.6 is 0 Å². The number of likely N-dealkylation sites (tertiary alicyclic amines) is 1. The second-order valence-electron chi connectivity index (χ2n) is 8.89. The van der Waals surface area contributed by atoms with E-state index in [1.165, 1.54) is 6.42 Å². The minimum absolute atomic E-state index is 0.00846. The van der Waals surface area contributed by atoms with Gasteiger partial charge in [-0.1, -0.05) is 6.07 Å². The van der Waals surface area contributed by atoms with Gasteiger partial charge in [0.1, 0.15) is 0 Å². The molecule has 0 atom stereocenters. The van der Waals surface area contributed by atoms with Crippen LogP contribution in [0.25, 0.3) is 0 Å². The number of anilines is 2. The van der Waals surface area contributed by atoms with Gasteiger partial charge in [-0.3, -0.25) is 14.7 Å². The first-order chi connectivity index (χ1) is 16.0. The van der Waals surface area contributed by atoms with E-state index in [1.807, 2.05) is 28.0 Å². The molecule has 1 aromatic heterocycles. The fourth-order valence-electron chi connectivity index (χ4n) is 4.41. The minimum Gasteiger partial charge on any atom is -0.369 e. The van der Waals surface area contributed by atoms with Gasteiger partial charge in [0.2, 0.25) is 0 Å². The van der Waals surface area contributed by atoms with Crippen molar-refractivity contribution in [1.82, 2.24) is 14.8 Å². The standard InChI is InChI=1S/C25H34N6O2/c1-28-12-14-29(15-13-28)22-6-5-7-23(16-22)31(25(33)30-10-3-2-4-11-30)19-21-9-8-20(18-27-21)24(32)17-26/h5-9,16,18H,2-4,10-15,17,19,26H2,1H3. The molecule has 2 aliphatic rings. The van der Waals surface area contributed by atoms with Crippen molar-refractivity contribution in [2.45, 2.75) is 25.8 Å². The van der Waals surface area contributed by atoms with Gasteiger partial charge in [0.15, 0.2) is 5.78 Å². The van der Waals surface area contributed by atoms with Crippen molar-refractivity contribution in [3.63, 3.8) is 0 Å². The topological polar surface area (TPSA) is 86.0 Å². The first-order valence-corrected chi connectivity index (χ1v) is 11.8. The van der Waals surface area contributed by atoms with Crippen LogP contribution in [0.5, 0.6) is 0 Å². The molecule has 2 saturated heterocycles. The predicted molar refractivity (Wildman–Crippen MR) is 131 cm³/mol. The fraction of sp³-hybridized carbons (Fsp3) is 0.480. The van der Waals surface area contributed by atoms with Crippen LogP contribution in [0.1, 0.15) is 35.3 Å². The average molecular weight is 451 g/mol. The zero-order chi connectivity index (χ0) is 23.2. The number of nitrogens with two attached hydrogens (primary N) is 1. The zero-order valence-electron chi connectivity index (χ0n) is 19.4. The van der Waals surface area contributed by atoms with Gasteiger partial charge >= 0.3 is 6.03 Å². The lowest BCUT2D eigenvalue weighted by atomic mass is 10.1. The first kappa shape index (κ1) is 23.2. The van der Waals surface area contributed by atoms with Gasteiger partial charge in [-0.15, -0.1) is 0 Å². The second-order valence-corrected chi connectivity index (χ2v) is 8.89. The Labute approximate surface area is 196 Å². The van der Waals surface area contributed by atoms with Crippen molar-refractivity contribution in [2.24, 2.45) is 5.73 Å². The maximum Gasteiger partial charge on any atom is 0.324 e. The van der Waals surface area contributed by atoms with Crippen LogP contribution in [-0.4, -0.2) is 79.5 Å². The molecule has 0 unspecified atom stereocenters. The number of aromatic nitrogens is 1. The fourth-order valence-corrected chi connectivity index (χ4v) is 4.41. The molecule has 0 radical (unpaired) electrons. The van der Waals surface area contributed by atoms with E-state index in [9.17, 15) is 9.59 Å². The van der Waals surface area contributed by atoms with Crippen LogP contribution in [0.2, 0.25) is 0 Å². The molecule has 0 aliphatic carbocycles. The normalized spacial score (nSPS) is 17.2. The predicted octanol–water partition coefficient (Wildman–Crippen LogP) is 2.59.